The molecule has 0 amide bonds. The lowest BCUT2D eigenvalue weighted by Crippen LogP contribution is -2.14. The number of nitrogens with zero attached hydrogens (tertiary/aromatic N) is 3. The average Bonchev–Trinajstić information content (AvgIpc) is 3.04. The molecule has 0 radical (unpaired) electrons. The highest BCUT2D eigenvalue weighted by atomic mass is 19.4. The summed E-state index contributed by atoms with van der Waals surface area (Å²) < 4.78 is 93.5. The van der Waals surface area contributed by atoms with Crippen LogP contribution in [0.1, 0.15) is 11.3 Å². The van der Waals surface area contributed by atoms with Crippen molar-refractivity contribution in [2.75, 3.05) is 0 Å². The van der Waals surface area contributed by atoms with E-state index in [1.807, 2.05) is 0 Å². The van der Waals surface area contributed by atoms with Crippen molar-refractivity contribution in [1.82, 2.24) is 14.4 Å². The van der Waals surface area contributed by atoms with Crippen LogP contribution in [-0.2, 0) is 12.4 Å². The summed E-state index contributed by atoms with van der Waals surface area (Å²) in [5.74, 6) is -0.496. The van der Waals surface area contributed by atoms with Crippen LogP contribution in [-0.4, -0.2) is 14.4 Å². The number of rotatable bonds is 1. The number of imidazole rings is 1. The molecule has 3 heterocycles. The lowest BCUT2D eigenvalue weighted by molar-refractivity contribution is -0.144. The third-order valence-corrected chi connectivity index (χ3v) is 4.13. The van der Waals surface area contributed by atoms with Crippen LogP contribution in [0.4, 0.5) is 30.7 Å². The molecule has 0 aliphatic rings. The van der Waals surface area contributed by atoms with Gasteiger partial charge in [-0.3, -0.25) is 4.40 Å². The van der Waals surface area contributed by atoms with Crippen LogP contribution in [0, 0.1) is 5.82 Å². The Balaban J connectivity index is 2.04. The number of hydrogen-bond donors (Lipinski definition) is 0. The van der Waals surface area contributed by atoms with Crippen molar-refractivity contribution >= 4 is 16.7 Å². The van der Waals surface area contributed by atoms with Crippen molar-refractivity contribution in [1.29, 1.82) is 0 Å². The molecule has 1 aromatic carbocycles. The monoisotopic (exact) mass is 399 g/mol. The van der Waals surface area contributed by atoms with Crippen LogP contribution >= 0.6 is 0 Å². The predicted octanol–water partition coefficient (Wildman–Crippen LogP) is 5.73. The molecule has 0 aliphatic heterocycles. The molecular formula is C18H8F7N3. The van der Waals surface area contributed by atoms with E-state index >= 15 is 0 Å². The summed E-state index contributed by atoms with van der Waals surface area (Å²) in [6, 6.07) is 7.40. The van der Waals surface area contributed by atoms with E-state index in [0.717, 1.165) is 10.5 Å². The van der Waals surface area contributed by atoms with Crippen LogP contribution in [0.15, 0.2) is 48.7 Å². The molecule has 0 unspecified atom stereocenters. The Kier molecular flexibility index (Phi) is 3.84. The molecule has 0 N–H and O–H groups in total. The molecule has 3 nitrogen and oxygen atoms in total. The molecule has 0 spiro atoms. The number of pyridine rings is 2. The van der Waals surface area contributed by atoms with E-state index in [2.05, 4.69) is 9.97 Å². The molecule has 0 saturated heterocycles. The summed E-state index contributed by atoms with van der Waals surface area (Å²) in [5.41, 5.74) is -2.82. The smallest absolute Gasteiger partial charge is 0.283 e. The zero-order valence-corrected chi connectivity index (χ0v) is 13.6. The summed E-state index contributed by atoms with van der Waals surface area (Å²) in [6.07, 6.45) is -8.80. The Bertz CT molecular complexity index is 1190. The van der Waals surface area contributed by atoms with Crippen LogP contribution in [0.3, 0.4) is 0 Å². The highest BCUT2D eigenvalue weighted by Crippen LogP contribution is 2.39. The number of halogens is 7. The predicted molar refractivity (Wildman–Crippen MR) is 85.9 cm³/mol. The van der Waals surface area contributed by atoms with Gasteiger partial charge in [-0.1, -0.05) is 0 Å². The largest absolute Gasteiger partial charge is 0.433 e. The van der Waals surface area contributed by atoms with Gasteiger partial charge < -0.3 is 0 Å². The Morgan fingerprint density at radius 1 is 0.786 bits per heavy atom. The molecule has 0 atom stereocenters. The molecule has 4 aromatic rings. The number of hydrogen-bond acceptors (Lipinski definition) is 2. The molecule has 4 rings (SSSR count). The van der Waals surface area contributed by atoms with E-state index < -0.39 is 40.5 Å². The van der Waals surface area contributed by atoms with Crippen LogP contribution in [0.2, 0.25) is 0 Å². The minimum atomic E-state index is -5.06. The van der Waals surface area contributed by atoms with Gasteiger partial charge in [0.15, 0.2) is 0 Å². The van der Waals surface area contributed by atoms with Crippen LogP contribution in [0.25, 0.3) is 27.9 Å². The van der Waals surface area contributed by atoms with Crippen molar-refractivity contribution in [3.8, 4) is 11.3 Å². The van der Waals surface area contributed by atoms with E-state index in [0.29, 0.717) is 5.56 Å². The zero-order valence-electron chi connectivity index (χ0n) is 13.6. The first-order chi connectivity index (χ1) is 13.0. The Labute approximate surface area is 152 Å². The van der Waals surface area contributed by atoms with E-state index in [9.17, 15) is 30.7 Å². The molecule has 144 valence electrons. The SMILES string of the molecule is Fc1ccc(-c2cn3c(ccc4c(C(F)(F)F)cc(C(F)(F)F)nc43)n2)cc1. The van der Waals surface area contributed by atoms with Crippen molar-refractivity contribution in [3.05, 3.63) is 65.7 Å². The second-order valence-electron chi connectivity index (χ2n) is 5.98. The zero-order chi connectivity index (χ0) is 20.3. The lowest BCUT2D eigenvalue weighted by Gasteiger charge is -2.14. The highest BCUT2D eigenvalue weighted by molar-refractivity contribution is 5.83. The van der Waals surface area contributed by atoms with Gasteiger partial charge in [-0.25, -0.2) is 14.4 Å². The van der Waals surface area contributed by atoms with Gasteiger partial charge in [0.2, 0.25) is 0 Å². The van der Waals surface area contributed by atoms with Crippen LogP contribution < -0.4 is 0 Å². The minimum absolute atomic E-state index is 0.00796. The Hall–Kier alpha value is -3.17. The van der Waals surface area contributed by atoms with Crippen molar-refractivity contribution in [2.45, 2.75) is 12.4 Å². The first-order valence-corrected chi connectivity index (χ1v) is 7.77. The van der Waals surface area contributed by atoms with Gasteiger partial charge in [-0.05, 0) is 42.5 Å². The van der Waals surface area contributed by atoms with Crippen molar-refractivity contribution in [3.63, 3.8) is 0 Å². The fraction of sp³-hybridized carbons (Fsp3) is 0.111. The molecule has 10 heteroatoms. The maximum Gasteiger partial charge on any atom is 0.433 e. The summed E-state index contributed by atoms with van der Waals surface area (Å²) in [4.78, 5) is 7.59. The van der Waals surface area contributed by atoms with Gasteiger partial charge in [0.25, 0.3) is 0 Å². The van der Waals surface area contributed by atoms with Gasteiger partial charge in [0, 0.05) is 17.1 Å². The first-order valence-electron chi connectivity index (χ1n) is 7.77. The summed E-state index contributed by atoms with van der Waals surface area (Å²) >= 11 is 0. The summed E-state index contributed by atoms with van der Waals surface area (Å²) in [7, 11) is 0. The maximum atomic E-state index is 13.3. The normalized spacial score (nSPS) is 12.8. The molecule has 0 saturated carbocycles. The summed E-state index contributed by atoms with van der Waals surface area (Å²) in [6.45, 7) is 0. The topological polar surface area (TPSA) is 30.2 Å². The third kappa shape index (κ3) is 3.04. The molecule has 0 aliphatic carbocycles. The van der Waals surface area contributed by atoms with E-state index in [1.165, 1.54) is 36.5 Å². The fourth-order valence-electron chi connectivity index (χ4n) is 2.87. The van der Waals surface area contributed by atoms with E-state index in [-0.39, 0.29) is 17.4 Å². The van der Waals surface area contributed by atoms with Gasteiger partial charge in [0.1, 0.15) is 22.8 Å². The second kappa shape index (κ2) is 5.91. The highest BCUT2D eigenvalue weighted by Gasteiger charge is 2.39. The lowest BCUT2D eigenvalue weighted by atomic mass is 10.1. The molecule has 0 bridgehead atoms. The van der Waals surface area contributed by atoms with Crippen molar-refractivity contribution < 1.29 is 30.7 Å². The van der Waals surface area contributed by atoms with Gasteiger partial charge >= 0.3 is 12.4 Å². The van der Waals surface area contributed by atoms with E-state index in [4.69, 9.17) is 0 Å². The summed E-state index contributed by atoms with van der Waals surface area (Å²) in [5, 5.41) is -0.490. The van der Waals surface area contributed by atoms with Crippen molar-refractivity contribution in [2.24, 2.45) is 0 Å². The minimum Gasteiger partial charge on any atom is -0.283 e. The van der Waals surface area contributed by atoms with Gasteiger partial charge in [0.05, 0.1) is 11.3 Å². The van der Waals surface area contributed by atoms with E-state index in [1.54, 1.807) is 0 Å². The maximum absolute atomic E-state index is 13.3. The van der Waals surface area contributed by atoms with Crippen LogP contribution in [0.5, 0.6) is 0 Å². The number of alkyl halides is 6. The number of aromatic nitrogens is 3. The second-order valence-corrected chi connectivity index (χ2v) is 5.98. The first kappa shape index (κ1) is 18.2. The molecule has 0 fully saturated rings. The Morgan fingerprint density at radius 3 is 2.07 bits per heavy atom. The third-order valence-electron chi connectivity index (χ3n) is 4.13. The standard InChI is InChI=1S/C18H8F7N3/c19-10-3-1-9(2-4-10)13-8-28-15(26-13)6-5-11-12(17(20,21)22)7-14(18(23,24)25)27-16(11)28/h1-8H. The molecule has 3 aromatic heterocycles. The van der Waals surface area contributed by atoms with Gasteiger partial charge in [-0.15, -0.1) is 0 Å². The molecular weight excluding hydrogens is 391 g/mol. The fourth-order valence-corrected chi connectivity index (χ4v) is 2.87. The average molecular weight is 399 g/mol. The number of benzene rings is 1. The number of fused-ring (bicyclic) bond motifs is 3. The van der Waals surface area contributed by atoms with Gasteiger partial charge in [-0.2, -0.15) is 26.3 Å². The quantitative estimate of drug-likeness (QED) is 0.383. The Morgan fingerprint density at radius 2 is 1.46 bits per heavy atom. The molecule has 28 heavy (non-hydrogen) atoms.